The summed E-state index contributed by atoms with van der Waals surface area (Å²) in [7, 11) is -0.722. The summed E-state index contributed by atoms with van der Waals surface area (Å²) in [6.45, 7) is 0.153. The van der Waals surface area contributed by atoms with Gasteiger partial charge in [0, 0.05) is 25.9 Å². The number of hydrogen-bond acceptors (Lipinski definition) is 6. The first-order valence-corrected chi connectivity index (χ1v) is 11.8. The predicted molar refractivity (Wildman–Crippen MR) is 122 cm³/mol. The lowest BCUT2D eigenvalue weighted by Crippen LogP contribution is -2.30. The van der Waals surface area contributed by atoms with Gasteiger partial charge in [-0.2, -0.15) is 0 Å². The Morgan fingerprint density at radius 1 is 1.06 bits per heavy atom. The highest BCUT2D eigenvalue weighted by molar-refractivity contribution is 7.89. The molecule has 0 unspecified atom stereocenters. The Bertz CT molecular complexity index is 1370. The van der Waals surface area contributed by atoms with Gasteiger partial charge in [-0.1, -0.05) is 17.4 Å². The molecule has 0 aliphatic rings. The molecule has 7 nitrogen and oxygen atoms in total. The van der Waals surface area contributed by atoms with Gasteiger partial charge in [-0.3, -0.25) is 14.7 Å². The smallest absolute Gasteiger partial charge is 0.260 e. The summed E-state index contributed by atoms with van der Waals surface area (Å²) >= 11 is 1.20. The van der Waals surface area contributed by atoms with Gasteiger partial charge in [0.2, 0.25) is 10.0 Å². The van der Waals surface area contributed by atoms with Gasteiger partial charge < -0.3 is 0 Å². The van der Waals surface area contributed by atoms with Crippen molar-refractivity contribution in [3.8, 4) is 0 Å². The van der Waals surface area contributed by atoms with Crippen LogP contribution in [0.3, 0.4) is 0 Å². The van der Waals surface area contributed by atoms with Gasteiger partial charge in [0.15, 0.2) is 5.13 Å². The number of hydrogen-bond donors (Lipinski definition) is 0. The number of carbonyl (C=O) groups is 1. The second-order valence-corrected chi connectivity index (χ2v) is 10.3. The van der Waals surface area contributed by atoms with Crippen molar-refractivity contribution < 1.29 is 17.6 Å². The van der Waals surface area contributed by atoms with Crippen LogP contribution in [0.15, 0.2) is 71.8 Å². The van der Waals surface area contributed by atoms with E-state index in [-0.39, 0.29) is 23.2 Å². The fraction of sp³-hybridized carbons (Fsp3) is 0.136. The highest BCUT2D eigenvalue weighted by atomic mass is 32.2. The summed E-state index contributed by atoms with van der Waals surface area (Å²) in [5, 5.41) is 0.395. The maximum atomic E-state index is 13.6. The third kappa shape index (κ3) is 4.38. The topological polar surface area (TPSA) is 83.5 Å². The summed E-state index contributed by atoms with van der Waals surface area (Å²) in [5.41, 5.74) is 1.53. The number of fused-ring (bicyclic) bond motifs is 1. The van der Waals surface area contributed by atoms with Crippen LogP contribution in [0.25, 0.3) is 10.2 Å². The van der Waals surface area contributed by atoms with Gasteiger partial charge in [-0.25, -0.2) is 22.1 Å². The van der Waals surface area contributed by atoms with E-state index in [4.69, 9.17) is 0 Å². The van der Waals surface area contributed by atoms with Gasteiger partial charge in [-0.15, -0.1) is 0 Å². The predicted octanol–water partition coefficient (Wildman–Crippen LogP) is 3.93. The Kier molecular flexibility index (Phi) is 6.00. The molecule has 0 N–H and O–H groups in total. The Morgan fingerprint density at radius 2 is 1.81 bits per heavy atom. The number of carbonyl (C=O) groups excluding carboxylic acids is 1. The average Bonchev–Trinajstić information content (AvgIpc) is 3.20. The van der Waals surface area contributed by atoms with E-state index in [9.17, 15) is 17.6 Å². The van der Waals surface area contributed by atoms with E-state index >= 15 is 0 Å². The van der Waals surface area contributed by atoms with Crippen molar-refractivity contribution in [1.29, 1.82) is 0 Å². The maximum Gasteiger partial charge on any atom is 0.260 e. The first-order valence-electron chi connectivity index (χ1n) is 9.56. The first kappa shape index (κ1) is 22.0. The molecule has 2 aromatic heterocycles. The molecule has 0 radical (unpaired) electrons. The molecule has 164 valence electrons. The van der Waals surface area contributed by atoms with Crippen LogP contribution in [0, 0.1) is 5.82 Å². The van der Waals surface area contributed by atoms with Gasteiger partial charge in [0.05, 0.1) is 27.4 Å². The van der Waals surface area contributed by atoms with Crippen molar-refractivity contribution in [3.63, 3.8) is 0 Å². The number of benzene rings is 2. The van der Waals surface area contributed by atoms with Crippen LogP contribution >= 0.6 is 11.3 Å². The Morgan fingerprint density at radius 3 is 2.47 bits per heavy atom. The van der Waals surface area contributed by atoms with Crippen LogP contribution in [-0.4, -0.2) is 42.7 Å². The van der Waals surface area contributed by atoms with Crippen molar-refractivity contribution in [3.05, 3.63) is 83.9 Å². The fourth-order valence-electron chi connectivity index (χ4n) is 3.02. The molecule has 4 rings (SSSR count). The number of rotatable bonds is 6. The summed E-state index contributed by atoms with van der Waals surface area (Å²) in [4.78, 5) is 23.8. The molecule has 0 atom stereocenters. The van der Waals surface area contributed by atoms with Crippen LogP contribution in [0.4, 0.5) is 9.52 Å². The van der Waals surface area contributed by atoms with Crippen LogP contribution in [0.2, 0.25) is 0 Å². The first-order chi connectivity index (χ1) is 15.3. The quantitative estimate of drug-likeness (QED) is 0.426. The lowest BCUT2D eigenvalue weighted by molar-refractivity contribution is 0.0984. The van der Waals surface area contributed by atoms with Crippen molar-refractivity contribution in [2.24, 2.45) is 0 Å². The third-order valence-corrected chi connectivity index (χ3v) is 7.61. The van der Waals surface area contributed by atoms with Crippen LogP contribution < -0.4 is 4.90 Å². The van der Waals surface area contributed by atoms with Crippen LogP contribution in [0.5, 0.6) is 0 Å². The second-order valence-electron chi connectivity index (χ2n) is 7.13. The van der Waals surface area contributed by atoms with Gasteiger partial charge in [0.1, 0.15) is 5.82 Å². The molecular weight excluding hydrogens is 451 g/mol. The van der Waals surface area contributed by atoms with Gasteiger partial charge in [-0.05, 0) is 54.6 Å². The molecule has 4 aromatic rings. The lowest BCUT2D eigenvalue weighted by atomic mass is 10.2. The van der Waals surface area contributed by atoms with E-state index in [0.29, 0.717) is 26.6 Å². The van der Waals surface area contributed by atoms with E-state index in [1.807, 2.05) is 6.07 Å². The summed E-state index contributed by atoms with van der Waals surface area (Å²) in [5.74, 6) is -0.753. The zero-order valence-corrected chi connectivity index (χ0v) is 18.9. The van der Waals surface area contributed by atoms with Crippen LogP contribution in [0.1, 0.15) is 16.1 Å². The highest BCUT2D eigenvalue weighted by Crippen LogP contribution is 2.31. The highest BCUT2D eigenvalue weighted by Gasteiger charge is 2.24. The number of amides is 1. The SMILES string of the molecule is CN(C)S(=O)(=O)c1ccc(C(=O)N(Cc2ccccn2)c2nc3ccc(F)cc3s2)cc1. The van der Waals surface area contributed by atoms with E-state index in [1.54, 1.807) is 24.4 Å². The minimum Gasteiger partial charge on any atom is -0.278 e. The van der Waals surface area contributed by atoms with E-state index in [2.05, 4.69) is 9.97 Å². The Labute approximate surface area is 188 Å². The standard InChI is InChI=1S/C22H19FN4O3S2/c1-26(2)32(29,30)18-9-6-15(7-10-18)21(28)27(14-17-5-3-4-12-24-17)22-25-19-11-8-16(23)13-20(19)31-22/h3-13H,14H2,1-2H3. The fourth-order valence-corrected chi connectivity index (χ4v) is 4.91. The number of pyridine rings is 1. The normalized spacial score (nSPS) is 11.8. The molecule has 0 bridgehead atoms. The second kappa shape index (κ2) is 8.73. The molecule has 0 saturated heterocycles. The van der Waals surface area contributed by atoms with Crippen molar-refractivity contribution in [2.45, 2.75) is 11.4 Å². The third-order valence-electron chi connectivity index (χ3n) is 4.74. The maximum absolute atomic E-state index is 13.6. The number of aromatic nitrogens is 2. The molecule has 2 aromatic carbocycles. The lowest BCUT2D eigenvalue weighted by Gasteiger charge is -2.20. The van der Waals surface area contributed by atoms with E-state index < -0.39 is 10.0 Å². The zero-order chi connectivity index (χ0) is 22.9. The molecule has 0 spiro atoms. The minimum absolute atomic E-state index is 0.0887. The van der Waals surface area contributed by atoms with Gasteiger partial charge in [0.25, 0.3) is 5.91 Å². The molecule has 10 heteroatoms. The molecule has 0 fully saturated rings. The zero-order valence-electron chi connectivity index (χ0n) is 17.3. The largest absolute Gasteiger partial charge is 0.278 e. The molecule has 1 amide bonds. The molecule has 0 aliphatic carbocycles. The molecule has 0 saturated carbocycles. The van der Waals surface area contributed by atoms with Crippen molar-refractivity contribution >= 4 is 42.6 Å². The van der Waals surface area contributed by atoms with E-state index in [0.717, 1.165) is 4.31 Å². The number of thiazole rings is 1. The molecular formula is C22H19FN4O3S2. The monoisotopic (exact) mass is 470 g/mol. The average molecular weight is 471 g/mol. The summed E-state index contributed by atoms with van der Waals surface area (Å²) in [6.07, 6.45) is 1.63. The van der Waals surface area contributed by atoms with E-state index in [1.165, 1.54) is 66.7 Å². The van der Waals surface area contributed by atoms with Crippen molar-refractivity contribution in [1.82, 2.24) is 14.3 Å². The molecule has 32 heavy (non-hydrogen) atoms. The van der Waals surface area contributed by atoms with Gasteiger partial charge >= 0.3 is 0 Å². The molecule has 0 aliphatic heterocycles. The summed E-state index contributed by atoms with van der Waals surface area (Å²) in [6, 6.07) is 15.4. The molecule has 2 heterocycles. The number of sulfonamides is 1. The number of nitrogens with zero attached hydrogens (tertiary/aromatic N) is 4. The number of halogens is 1. The summed E-state index contributed by atoms with van der Waals surface area (Å²) < 4.78 is 40.0. The Balaban J connectivity index is 1.73. The van der Waals surface area contributed by atoms with Crippen molar-refractivity contribution in [2.75, 3.05) is 19.0 Å². The minimum atomic E-state index is -3.61. The Hall–Kier alpha value is -3.21. The number of anilines is 1. The van der Waals surface area contributed by atoms with Crippen LogP contribution in [-0.2, 0) is 16.6 Å².